The monoisotopic (exact) mass is 458 g/mol. The van der Waals surface area contributed by atoms with E-state index in [1.165, 1.54) is 42.9 Å². The van der Waals surface area contributed by atoms with Gasteiger partial charge in [0.2, 0.25) is 5.28 Å². The minimum atomic E-state index is -0.475. The van der Waals surface area contributed by atoms with E-state index in [2.05, 4.69) is 4.98 Å². The smallest absolute Gasteiger partial charge is 0.309 e. The summed E-state index contributed by atoms with van der Waals surface area (Å²) in [5, 5.41) is 0.124. The van der Waals surface area contributed by atoms with Crippen LogP contribution in [0.3, 0.4) is 0 Å². The Labute approximate surface area is 187 Å². The highest BCUT2D eigenvalue weighted by molar-refractivity contribution is 6.29. The molecule has 166 valence electrons. The molecule has 0 unspecified atom stereocenters. The number of aryl methyl sites for hydroxylation is 2. The fourth-order valence-electron chi connectivity index (χ4n) is 3.99. The SMILES string of the molecule is Cn1c(=O)c2c(nc(Cl)n2CCCC(c2ccc(F)cc2)c2ccc(F)cc2)n(C)c1=O. The number of halogens is 3. The van der Waals surface area contributed by atoms with Crippen LogP contribution in [0.25, 0.3) is 11.2 Å². The summed E-state index contributed by atoms with van der Waals surface area (Å²) in [4.78, 5) is 29.1. The van der Waals surface area contributed by atoms with Crippen molar-refractivity contribution < 1.29 is 8.78 Å². The van der Waals surface area contributed by atoms with Gasteiger partial charge in [0.15, 0.2) is 11.2 Å². The van der Waals surface area contributed by atoms with Crippen molar-refractivity contribution in [2.75, 3.05) is 0 Å². The van der Waals surface area contributed by atoms with E-state index in [-0.39, 0.29) is 34.0 Å². The molecule has 0 saturated heterocycles. The average Bonchev–Trinajstić information content (AvgIpc) is 3.12. The van der Waals surface area contributed by atoms with Crippen molar-refractivity contribution in [3.05, 3.63) is 97.4 Å². The minimum absolute atomic E-state index is 0.100. The Morgan fingerprint density at radius 1 is 0.906 bits per heavy atom. The molecule has 0 aliphatic heterocycles. The van der Waals surface area contributed by atoms with Crippen LogP contribution in [-0.4, -0.2) is 18.7 Å². The standard InChI is InChI=1S/C23H21ClF2N4O2/c1-28-20-19(21(31)29(2)23(28)32)30(22(24)27-20)13-3-4-18(14-5-9-16(25)10-6-14)15-7-11-17(26)12-8-15/h5-12,18H,3-4,13H2,1-2H3. The fraction of sp³-hybridized carbons (Fsp3) is 0.261. The van der Waals surface area contributed by atoms with Gasteiger partial charge in [0.05, 0.1) is 0 Å². The first kappa shape index (κ1) is 22.0. The summed E-state index contributed by atoms with van der Waals surface area (Å²) in [6.07, 6.45) is 1.25. The van der Waals surface area contributed by atoms with Crippen LogP contribution < -0.4 is 11.2 Å². The van der Waals surface area contributed by atoms with Gasteiger partial charge >= 0.3 is 5.69 Å². The summed E-state index contributed by atoms with van der Waals surface area (Å²) in [5.41, 5.74) is 1.36. The molecule has 0 aliphatic rings. The Bertz CT molecular complexity index is 1340. The lowest BCUT2D eigenvalue weighted by atomic mass is 9.87. The third kappa shape index (κ3) is 3.98. The van der Waals surface area contributed by atoms with Gasteiger partial charge in [-0.1, -0.05) is 24.3 Å². The molecular weight excluding hydrogens is 438 g/mol. The summed E-state index contributed by atoms with van der Waals surface area (Å²) in [7, 11) is 2.95. The largest absolute Gasteiger partial charge is 0.332 e. The number of benzene rings is 2. The number of imidazole rings is 1. The molecule has 0 fully saturated rings. The number of hydrogen-bond donors (Lipinski definition) is 0. The Morgan fingerprint density at radius 2 is 1.44 bits per heavy atom. The number of fused-ring (bicyclic) bond motifs is 1. The molecule has 0 saturated carbocycles. The molecule has 2 aromatic carbocycles. The van der Waals surface area contributed by atoms with Gasteiger partial charge in [-0.15, -0.1) is 0 Å². The van der Waals surface area contributed by atoms with Crippen molar-refractivity contribution >= 4 is 22.8 Å². The second kappa shape index (κ2) is 8.70. The lowest BCUT2D eigenvalue weighted by Gasteiger charge is -2.19. The number of rotatable bonds is 6. The highest BCUT2D eigenvalue weighted by Gasteiger charge is 2.19. The van der Waals surface area contributed by atoms with E-state index in [4.69, 9.17) is 11.6 Å². The minimum Gasteiger partial charge on any atom is -0.309 e. The Hall–Kier alpha value is -3.26. The van der Waals surface area contributed by atoms with Crippen LogP contribution in [0.4, 0.5) is 8.78 Å². The third-order valence-corrected chi connectivity index (χ3v) is 6.01. The Balaban J connectivity index is 1.65. The normalized spacial score (nSPS) is 11.6. The number of hydrogen-bond acceptors (Lipinski definition) is 3. The lowest BCUT2D eigenvalue weighted by molar-refractivity contribution is 0.579. The van der Waals surface area contributed by atoms with Crippen molar-refractivity contribution in [1.82, 2.24) is 18.7 Å². The molecule has 0 aliphatic carbocycles. The van der Waals surface area contributed by atoms with Crippen LogP contribution in [0.5, 0.6) is 0 Å². The van der Waals surface area contributed by atoms with E-state index in [1.54, 1.807) is 28.8 Å². The van der Waals surface area contributed by atoms with Gasteiger partial charge in [0.1, 0.15) is 11.6 Å². The lowest BCUT2D eigenvalue weighted by Crippen LogP contribution is -2.37. The topological polar surface area (TPSA) is 61.8 Å². The van der Waals surface area contributed by atoms with Crippen LogP contribution >= 0.6 is 11.6 Å². The maximum atomic E-state index is 13.4. The van der Waals surface area contributed by atoms with E-state index in [0.29, 0.717) is 19.4 Å². The molecule has 0 atom stereocenters. The average molecular weight is 459 g/mol. The predicted molar refractivity (Wildman–Crippen MR) is 119 cm³/mol. The van der Waals surface area contributed by atoms with Crippen molar-refractivity contribution in [1.29, 1.82) is 0 Å². The van der Waals surface area contributed by atoms with Crippen LogP contribution in [0, 0.1) is 11.6 Å². The van der Waals surface area contributed by atoms with Gasteiger partial charge in [-0.25, -0.2) is 13.6 Å². The first-order valence-electron chi connectivity index (χ1n) is 10.1. The molecule has 32 heavy (non-hydrogen) atoms. The van der Waals surface area contributed by atoms with Crippen LogP contribution in [0.1, 0.15) is 29.9 Å². The van der Waals surface area contributed by atoms with Gasteiger partial charge in [-0.05, 0) is 59.8 Å². The molecule has 0 N–H and O–H groups in total. The summed E-state index contributed by atoms with van der Waals surface area (Å²) >= 11 is 6.31. The van der Waals surface area contributed by atoms with Crippen LogP contribution in [0.2, 0.25) is 5.28 Å². The number of nitrogens with zero attached hydrogens (tertiary/aromatic N) is 4. The second-order valence-corrected chi connectivity index (χ2v) is 8.05. The highest BCUT2D eigenvalue weighted by Crippen LogP contribution is 2.30. The van der Waals surface area contributed by atoms with E-state index in [9.17, 15) is 18.4 Å². The highest BCUT2D eigenvalue weighted by atomic mass is 35.5. The number of aromatic nitrogens is 4. The van der Waals surface area contributed by atoms with Crippen molar-refractivity contribution in [3.8, 4) is 0 Å². The van der Waals surface area contributed by atoms with E-state index in [1.807, 2.05) is 0 Å². The first-order chi connectivity index (χ1) is 15.3. The van der Waals surface area contributed by atoms with Gasteiger partial charge in [-0.2, -0.15) is 4.98 Å². The van der Waals surface area contributed by atoms with Gasteiger partial charge in [-0.3, -0.25) is 13.9 Å². The van der Waals surface area contributed by atoms with Crippen molar-refractivity contribution in [3.63, 3.8) is 0 Å². The van der Waals surface area contributed by atoms with E-state index in [0.717, 1.165) is 15.7 Å². The zero-order valence-corrected chi connectivity index (χ0v) is 18.3. The maximum Gasteiger partial charge on any atom is 0.332 e. The molecule has 9 heteroatoms. The maximum absolute atomic E-state index is 13.4. The second-order valence-electron chi connectivity index (χ2n) is 7.71. The zero-order chi connectivity index (χ0) is 23.0. The molecule has 0 bridgehead atoms. The molecule has 4 rings (SSSR count). The molecular formula is C23H21ClF2N4O2. The molecule has 0 radical (unpaired) electrons. The quantitative estimate of drug-likeness (QED) is 0.411. The van der Waals surface area contributed by atoms with Gasteiger partial charge in [0, 0.05) is 26.6 Å². The summed E-state index contributed by atoms with van der Waals surface area (Å²) in [6.45, 7) is 0.391. The van der Waals surface area contributed by atoms with Crippen LogP contribution in [-0.2, 0) is 20.6 Å². The molecule has 2 heterocycles. The molecule has 0 amide bonds. The fourth-order valence-corrected chi connectivity index (χ4v) is 4.24. The van der Waals surface area contributed by atoms with E-state index >= 15 is 0 Å². The third-order valence-electron chi connectivity index (χ3n) is 5.72. The van der Waals surface area contributed by atoms with Crippen LogP contribution in [0.15, 0.2) is 58.1 Å². The van der Waals surface area contributed by atoms with Gasteiger partial charge < -0.3 is 4.57 Å². The summed E-state index contributed by atoms with van der Waals surface area (Å²) in [6, 6.07) is 12.5. The summed E-state index contributed by atoms with van der Waals surface area (Å²) in [5.74, 6) is -0.758. The molecule has 2 aromatic heterocycles. The summed E-state index contributed by atoms with van der Waals surface area (Å²) < 4.78 is 30.8. The Morgan fingerprint density at radius 3 is 1.97 bits per heavy atom. The molecule has 0 spiro atoms. The van der Waals surface area contributed by atoms with E-state index < -0.39 is 11.2 Å². The van der Waals surface area contributed by atoms with Crippen molar-refractivity contribution in [2.45, 2.75) is 25.3 Å². The van der Waals surface area contributed by atoms with Crippen molar-refractivity contribution in [2.24, 2.45) is 14.1 Å². The molecule has 6 nitrogen and oxygen atoms in total. The Kier molecular flexibility index (Phi) is 5.97. The zero-order valence-electron chi connectivity index (χ0n) is 17.6. The predicted octanol–water partition coefficient (Wildman–Crippen LogP) is 3.98. The first-order valence-corrected chi connectivity index (χ1v) is 10.5. The van der Waals surface area contributed by atoms with Gasteiger partial charge in [0.25, 0.3) is 5.56 Å². The molecule has 4 aromatic rings.